The van der Waals surface area contributed by atoms with Crippen LogP contribution in [0.2, 0.25) is 5.02 Å². The third-order valence-electron chi connectivity index (χ3n) is 5.42. The van der Waals surface area contributed by atoms with Gasteiger partial charge in [-0.05, 0) is 57.1 Å². The molecule has 2 heteroatoms. The summed E-state index contributed by atoms with van der Waals surface area (Å²) in [6, 6.07) is 33.1. The standard InChI is InChI=1S/C28H16Cl2/c29-18-17-21-13-7-14-22-25(19-9-3-1-4-10-19)23-15-8-16-24(30)28(23)27(26(21)22)20-11-5-2-6-12-20/h1-16H. The second-order valence-corrected chi connectivity index (χ2v) is 7.69. The van der Waals surface area contributed by atoms with Crippen LogP contribution in [0.4, 0.5) is 0 Å². The summed E-state index contributed by atoms with van der Waals surface area (Å²) < 4.78 is 0. The Bertz CT molecular complexity index is 1440. The van der Waals surface area contributed by atoms with Gasteiger partial charge in [-0.2, -0.15) is 0 Å². The molecule has 0 nitrogen and oxygen atoms in total. The molecule has 0 atom stereocenters. The van der Waals surface area contributed by atoms with Gasteiger partial charge in [0.1, 0.15) is 0 Å². The van der Waals surface area contributed by atoms with Gasteiger partial charge in [-0.15, -0.1) is 0 Å². The highest BCUT2D eigenvalue weighted by atomic mass is 35.5. The molecule has 5 aromatic carbocycles. The van der Waals surface area contributed by atoms with Crippen molar-refractivity contribution in [1.29, 1.82) is 0 Å². The van der Waals surface area contributed by atoms with Crippen LogP contribution in [0.25, 0.3) is 43.8 Å². The van der Waals surface area contributed by atoms with Crippen molar-refractivity contribution in [2.24, 2.45) is 0 Å². The summed E-state index contributed by atoms with van der Waals surface area (Å²) >= 11 is 12.7. The second kappa shape index (κ2) is 7.88. The van der Waals surface area contributed by atoms with Gasteiger partial charge in [0.15, 0.2) is 0 Å². The molecule has 0 spiro atoms. The van der Waals surface area contributed by atoms with Gasteiger partial charge in [0.25, 0.3) is 0 Å². The monoisotopic (exact) mass is 422 g/mol. The topological polar surface area (TPSA) is 0 Å². The highest BCUT2D eigenvalue weighted by Crippen LogP contribution is 2.46. The van der Waals surface area contributed by atoms with E-state index in [0.717, 1.165) is 54.4 Å². The van der Waals surface area contributed by atoms with E-state index in [1.165, 1.54) is 0 Å². The Morgan fingerprint density at radius 1 is 0.533 bits per heavy atom. The molecule has 0 unspecified atom stereocenters. The summed E-state index contributed by atoms with van der Waals surface area (Å²) in [4.78, 5) is 0. The molecule has 0 aliphatic carbocycles. The van der Waals surface area contributed by atoms with Crippen LogP contribution in [-0.2, 0) is 0 Å². The molecule has 0 aliphatic rings. The SMILES string of the molecule is ClC#Cc1cccc2c(-c3ccccc3)c3cccc(Cl)c3c(-c3ccccc3)c12. The Morgan fingerprint density at radius 2 is 1.10 bits per heavy atom. The van der Waals surface area contributed by atoms with Crippen LogP contribution < -0.4 is 0 Å². The molecule has 5 aromatic rings. The lowest BCUT2D eigenvalue weighted by Gasteiger charge is -2.19. The molecule has 0 radical (unpaired) electrons. The lowest BCUT2D eigenvalue weighted by molar-refractivity contribution is 1.64. The number of hydrogen-bond donors (Lipinski definition) is 0. The first kappa shape index (κ1) is 18.8. The van der Waals surface area contributed by atoms with E-state index >= 15 is 0 Å². The van der Waals surface area contributed by atoms with E-state index in [0.29, 0.717) is 0 Å². The summed E-state index contributed by atoms with van der Waals surface area (Å²) in [6.45, 7) is 0. The summed E-state index contributed by atoms with van der Waals surface area (Å²) in [5, 5.41) is 7.63. The Kier molecular flexibility index (Phi) is 4.93. The molecule has 0 aliphatic heterocycles. The number of halogens is 2. The van der Waals surface area contributed by atoms with Gasteiger partial charge in [-0.3, -0.25) is 0 Å². The molecule has 0 saturated carbocycles. The Balaban J connectivity index is 2.11. The van der Waals surface area contributed by atoms with Crippen molar-refractivity contribution >= 4 is 44.7 Å². The van der Waals surface area contributed by atoms with Gasteiger partial charge in [0, 0.05) is 32.3 Å². The Hall–Kier alpha value is -3.24. The Morgan fingerprint density at radius 3 is 1.73 bits per heavy atom. The van der Waals surface area contributed by atoms with E-state index in [4.69, 9.17) is 23.2 Å². The number of benzene rings is 5. The summed E-state index contributed by atoms with van der Waals surface area (Å²) in [6.07, 6.45) is 0. The lowest BCUT2D eigenvalue weighted by atomic mass is 9.84. The quantitative estimate of drug-likeness (QED) is 0.197. The van der Waals surface area contributed by atoms with Gasteiger partial charge in [-0.1, -0.05) is 96.5 Å². The predicted molar refractivity (Wildman–Crippen MR) is 130 cm³/mol. The van der Waals surface area contributed by atoms with E-state index in [2.05, 4.69) is 59.8 Å². The normalized spacial score (nSPS) is 10.7. The molecular weight excluding hydrogens is 407 g/mol. The first-order chi connectivity index (χ1) is 14.8. The summed E-state index contributed by atoms with van der Waals surface area (Å²) in [5.74, 6) is 3.10. The smallest absolute Gasteiger partial charge is 0.0491 e. The van der Waals surface area contributed by atoms with Crippen LogP contribution in [0.5, 0.6) is 0 Å². The average Bonchev–Trinajstić information content (AvgIpc) is 2.79. The molecule has 0 fully saturated rings. The van der Waals surface area contributed by atoms with Crippen molar-refractivity contribution in [3.05, 3.63) is 108 Å². The van der Waals surface area contributed by atoms with Crippen LogP contribution in [0.15, 0.2) is 97.1 Å². The Labute approximate surface area is 185 Å². The van der Waals surface area contributed by atoms with Crippen molar-refractivity contribution < 1.29 is 0 Å². The number of fused-ring (bicyclic) bond motifs is 2. The van der Waals surface area contributed by atoms with Crippen LogP contribution in [0.1, 0.15) is 5.56 Å². The van der Waals surface area contributed by atoms with Gasteiger partial charge in [0.2, 0.25) is 0 Å². The zero-order valence-electron chi connectivity index (χ0n) is 16.0. The molecule has 142 valence electrons. The maximum absolute atomic E-state index is 6.84. The zero-order valence-corrected chi connectivity index (χ0v) is 17.5. The molecule has 30 heavy (non-hydrogen) atoms. The van der Waals surface area contributed by atoms with Crippen molar-refractivity contribution in [2.75, 3.05) is 0 Å². The van der Waals surface area contributed by atoms with Crippen LogP contribution >= 0.6 is 23.2 Å². The fourth-order valence-electron chi connectivity index (χ4n) is 4.25. The van der Waals surface area contributed by atoms with E-state index in [9.17, 15) is 0 Å². The lowest BCUT2D eigenvalue weighted by Crippen LogP contribution is -1.93. The van der Waals surface area contributed by atoms with Gasteiger partial charge < -0.3 is 0 Å². The first-order valence-corrected chi connectivity index (χ1v) is 10.4. The number of hydrogen-bond acceptors (Lipinski definition) is 0. The number of rotatable bonds is 2. The molecular formula is C28H16Cl2. The van der Waals surface area contributed by atoms with E-state index in [1.54, 1.807) is 0 Å². The van der Waals surface area contributed by atoms with Crippen LogP contribution in [-0.4, -0.2) is 0 Å². The van der Waals surface area contributed by atoms with Crippen molar-refractivity contribution in [3.8, 4) is 33.6 Å². The molecule has 5 rings (SSSR count). The minimum Gasteiger partial charge on any atom is -0.0836 e. The van der Waals surface area contributed by atoms with Gasteiger partial charge >= 0.3 is 0 Å². The van der Waals surface area contributed by atoms with Crippen LogP contribution in [0, 0.1) is 11.3 Å². The third kappa shape index (κ3) is 3.04. The average molecular weight is 423 g/mol. The fraction of sp³-hybridized carbons (Fsp3) is 0. The largest absolute Gasteiger partial charge is 0.0836 e. The zero-order chi connectivity index (χ0) is 20.5. The van der Waals surface area contributed by atoms with Crippen molar-refractivity contribution in [2.45, 2.75) is 0 Å². The summed E-state index contributed by atoms with van der Waals surface area (Å²) in [5.41, 5.74) is 5.37. The van der Waals surface area contributed by atoms with E-state index in [1.807, 2.05) is 48.5 Å². The van der Waals surface area contributed by atoms with Gasteiger partial charge in [-0.25, -0.2) is 0 Å². The molecule has 0 amide bonds. The van der Waals surface area contributed by atoms with Gasteiger partial charge in [0.05, 0.1) is 0 Å². The van der Waals surface area contributed by atoms with Crippen LogP contribution in [0.3, 0.4) is 0 Å². The van der Waals surface area contributed by atoms with Crippen molar-refractivity contribution in [1.82, 2.24) is 0 Å². The van der Waals surface area contributed by atoms with E-state index < -0.39 is 0 Å². The highest BCUT2D eigenvalue weighted by molar-refractivity contribution is 6.39. The molecule has 0 N–H and O–H groups in total. The third-order valence-corrected chi connectivity index (χ3v) is 5.83. The molecule has 0 aromatic heterocycles. The summed E-state index contributed by atoms with van der Waals surface area (Å²) in [7, 11) is 0. The predicted octanol–water partition coefficient (Wildman–Crippen LogP) is 8.53. The minimum absolute atomic E-state index is 0.721. The highest BCUT2D eigenvalue weighted by Gasteiger charge is 2.19. The van der Waals surface area contributed by atoms with Crippen molar-refractivity contribution in [3.63, 3.8) is 0 Å². The maximum Gasteiger partial charge on any atom is 0.0491 e. The minimum atomic E-state index is 0.721. The first-order valence-electron chi connectivity index (χ1n) is 9.69. The second-order valence-electron chi connectivity index (χ2n) is 7.09. The maximum atomic E-state index is 6.84. The fourth-order valence-corrected chi connectivity index (χ4v) is 4.62. The molecule has 0 saturated heterocycles. The molecule has 0 heterocycles. The van der Waals surface area contributed by atoms with E-state index in [-0.39, 0.29) is 0 Å². The molecule has 0 bridgehead atoms.